The lowest BCUT2D eigenvalue weighted by atomic mass is 9.98. The normalized spacial score (nSPS) is 19.0. The molecule has 1 atom stereocenters. The number of piperidine rings is 1. The largest absolute Gasteiger partial charge is 0.368 e. The number of hydrogen-bond acceptors (Lipinski definition) is 7. The number of anilines is 2. The molecule has 2 aromatic rings. The van der Waals surface area contributed by atoms with Gasteiger partial charge in [0.15, 0.2) is 0 Å². The van der Waals surface area contributed by atoms with Gasteiger partial charge in [-0.15, -0.1) is 0 Å². The predicted molar refractivity (Wildman–Crippen MR) is 85.0 cm³/mol. The Bertz CT molecular complexity index is 614. The standard InChI is InChI=1S/C15H21N7/c1-17-15-19-8-11(9-20-15)10-22-7-3-2-4-13(22)12-5-6-18-14(16)21-12/h5-6,8-9,13H,2-4,7,10H2,1H3,(H2,16,18,21)(H,17,19,20). The monoisotopic (exact) mass is 299 g/mol. The van der Waals surface area contributed by atoms with Crippen molar-refractivity contribution in [1.82, 2.24) is 24.8 Å². The molecule has 1 aliphatic rings. The average Bonchev–Trinajstić information content (AvgIpc) is 2.56. The zero-order valence-corrected chi connectivity index (χ0v) is 12.7. The number of nitrogen functional groups attached to an aromatic ring is 1. The van der Waals surface area contributed by atoms with Crippen molar-refractivity contribution in [1.29, 1.82) is 0 Å². The average molecular weight is 299 g/mol. The maximum Gasteiger partial charge on any atom is 0.222 e. The highest BCUT2D eigenvalue weighted by Gasteiger charge is 2.25. The second kappa shape index (κ2) is 6.65. The molecule has 1 saturated heterocycles. The van der Waals surface area contributed by atoms with Gasteiger partial charge < -0.3 is 11.1 Å². The van der Waals surface area contributed by atoms with Crippen LogP contribution in [0, 0.1) is 0 Å². The second-order valence-electron chi connectivity index (χ2n) is 5.49. The molecule has 0 amide bonds. The third-order valence-corrected chi connectivity index (χ3v) is 3.97. The Labute approximate surface area is 130 Å². The van der Waals surface area contributed by atoms with Crippen molar-refractivity contribution in [2.45, 2.75) is 31.8 Å². The van der Waals surface area contributed by atoms with Crippen LogP contribution < -0.4 is 11.1 Å². The summed E-state index contributed by atoms with van der Waals surface area (Å²) in [4.78, 5) is 19.4. The molecule has 3 N–H and O–H groups in total. The molecule has 0 spiro atoms. The molecule has 7 heteroatoms. The van der Waals surface area contributed by atoms with Crippen LogP contribution in [-0.2, 0) is 6.54 Å². The minimum atomic E-state index is 0.281. The molecule has 0 saturated carbocycles. The molecule has 0 bridgehead atoms. The fourth-order valence-electron chi connectivity index (χ4n) is 2.89. The number of rotatable bonds is 4. The molecule has 0 aromatic carbocycles. The fourth-order valence-corrected chi connectivity index (χ4v) is 2.89. The van der Waals surface area contributed by atoms with Crippen molar-refractivity contribution in [3.05, 3.63) is 35.9 Å². The Morgan fingerprint density at radius 2 is 2.09 bits per heavy atom. The van der Waals surface area contributed by atoms with Gasteiger partial charge in [0.05, 0.1) is 11.7 Å². The Morgan fingerprint density at radius 1 is 1.27 bits per heavy atom. The highest BCUT2D eigenvalue weighted by atomic mass is 15.2. The minimum absolute atomic E-state index is 0.281. The van der Waals surface area contributed by atoms with Gasteiger partial charge in [-0.3, -0.25) is 4.90 Å². The van der Waals surface area contributed by atoms with Crippen molar-refractivity contribution in [2.75, 3.05) is 24.6 Å². The zero-order chi connectivity index (χ0) is 15.4. The van der Waals surface area contributed by atoms with Crippen molar-refractivity contribution in [3.63, 3.8) is 0 Å². The van der Waals surface area contributed by atoms with Crippen LogP contribution in [0.25, 0.3) is 0 Å². The van der Waals surface area contributed by atoms with Crippen molar-refractivity contribution in [3.8, 4) is 0 Å². The summed E-state index contributed by atoms with van der Waals surface area (Å²) >= 11 is 0. The molecular formula is C15H21N7. The predicted octanol–water partition coefficient (Wildman–Crippen LogP) is 1.62. The summed E-state index contributed by atoms with van der Waals surface area (Å²) in [6, 6.07) is 2.24. The van der Waals surface area contributed by atoms with Gasteiger partial charge in [0.2, 0.25) is 11.9 Å². The first-order valence-corrected chi connectivity index (χ1v) is 7.57. The first-order chi connectivity index (χ1) is 10.8. The lowest BCUT2D eigenvalue weighted by Gasteiger charge is -2.35. The van der Waals surface area contributed by atoms with E-state index in [1.165, 1.54) is 12.8 Å². The van der Waals surface area contributed by atoms with E-state index in [0.29, 0.717) is 11.9 Å². The highest BCUT2D eigenvalue weighted by Crippen LogP contribution is 2.31. The first kappa shape index (κ1) is 14.6. The van der Waals surface area contributed by atoms with Crippen LogP contribution in [0.4, 0.5) is 11.9 Å². The van der Waals surface area contributed by atoms with Crippen LogP contribution in [0.1, 0.15) is 36.6 Å². The fraction of sp³-hybridized carbons (Fsp3) is 0.467. The van der Waals surface area contributed by atoms with E-state index in [1.807, 2.05) is 25.5 Å². The third-order valence-electron chi connectivity index (χ3n) is 3.97. The summed E-state index contributed by atoms with van der Waals surface area (Å²) in [6.07, 6.45) is 8.98. The topological polar surface area (TPSA) is 92.9 Å². The van der Waals surface area contributed by atoms with Crippen LogP contribution in [0.3, 0.4) is 0 Å². The van der Waals surface area contributed by atoms with Crippen molar-refractivity contribution in [2.24, 2.45) is 0 Å². The maximum absolute atomic E-state index is 5.73. The van der Waals surface area contributed by atoms with E-state index in [-0.39, 0.29) is 6.04 Å². The first-order valence-electron chi connectivity index (χ1n) is 7.57. The number of nitrogens with zero attached hydrogens (tertiary/aromatic N) is 5. The summed E-state index contributed by atoms with van der Waals surface area (Å²) in [7, 11) is 1.81. The number of nitrogens with one attached hydrogen (secondary N) is 1. The van der Waals surface area contributed by atoms with Crippen LogP contribution in [0.5, 0.6) is 0 Å². The Morgan fingerprint density at radius 3 is 2.82 bits per heavy atom. The van der Waals surface area contributed by atoms with Crippen LogP contribution >= 0.6 is 0 Å². The molecule has 1 aliphatic heterocycles. The van der Waals surface area contributed by atoms with Crippen molar-refractivity contribution >= 4 is 11.9 Å². The Kier molecular flexibility index (Phi) is 4.43. The molecule has 3 heterocycles. The number of hydrogen-bond donors (Lipinski definition) is 2. The lowest BCUT2D eigenvalue weighted by molar-refractivity contribution is 0.137. The molecule has 116 valence electrons. The molecule has 7 nitrogen and oxygen atoms in total. The summed E-state index contributed by atoms with van der Waals surface area (Å²) in [6.45, 7) is 1.86. The SMILES string of the molecule is CNc1ncc(CN2CCCCC2c2ccnc(N)n2)cn1. The van der Waals surface area contributed by atoms with E-state index in [4.69, 9.17) is 5.73 Å². The molecule has 3 rings (SSSR count). The molecular weight excluding hydrogens is 278 g/mol. The highest BCUT2D eigenvalue weighted by molar-refractivity contribution is 5.24. The zero-order valence-electron chi connectivity index (χ0n) is 12.7. The molecule has 0 aliphatic carbocycles. The van der Waals surface area contributed by atoms with Gasteiger partial charge in [-0.1, -0.05) is 6.42 Å². The quantitative estimate of drug-likeness (QED) is 0.886. The number of likely N-dealkylation sites (tertiary alicyclic amines) is 1. The van der Waals surface area contributed by atoms with Gasteiger partial charge in [0.1, 0.15) is 0 Å². The minimum Gasteiger partial charge on any atom is -0.368 e. The summed E-state index contributed by atoms with van der Waals surface area (Å²) in [5.74, 6) is 0.979. The van der Waals surface area contributed by atoms with E-state index in [9.17, 15) is 0 Å². The molecule has 0 radical (unpaired) electrons. The summed E-state index contributed by atoms with van der Waals surface area (Å²) in [5, 5.41) is 2.93. The van der Waals surface area contributed by atoms with E-state index in [2.05, 4.69) is 30.2 Å². The molecule has 1 fully saturated rings. The number of nitrogens with two attached hydrogens (primary N) is 1. The molecule has 1 unspecified atom stereocenters. The van der Waals surface area contributed by atoms with E-state index in [0.717, 1.165) is 30.8 Å². The van der Waals surface area contributed by atoms with Crippen LogP contribution in [-0.4, -0.2) is 38.4 Å². The number of aromatic nitrogens is 4. The van der Waals surface area contributed by atoms with E-state index in [1.54, 1.807) is 6.20 Å². The molecule has 2 aromatic heterocycles. The van der Waals surface area contributed by atoms with Gasteiger partial charge in [-0.25, -0.2) is 19.9 Å². The van der Waals surface area contributed by atoms with Gasteiger partial charge in [0.25, 0.3) is 0 Å². The van der Waals surface area contributed by atoms with E-state index < -0.39 is 0 Å². The van der Waals surface area contributed by atoms with Crippen molar-refractivity contribution < 1.29 is 0 Å². The summed E-state index contributed by atoms with van der Waals surface area (Å²) < 4.78 is 0. The van der Waals surface area contributed by atoms with Gasteiger partial charge in [0, 0.05) is 37.7 Å². The van der Waals surface area contributed by atoms with Gasteiger partial charge in [-0.05, 0) is 25.5 Å². The Hall–Kier alpha value is -2.28. The van der Waals surface area contributed by atoms with Gasteiger partial charge in [-0.2, -0.15) is 0 Å². The maximum atomic E-state index is 5.73. The van der Waals surface area contributed by atoms with Gasteiger partial charge >= 0.3 is 0 Å². The van der Waals surface area contributed by atoms with Crippen LogP contribution in [0.15, 0.2) is 24.7 Å². The Balaban J connectivity index is 1.77. The lowest BCUT2D eigenvalue weighted by Crippen LogP contribution is -2.33. The summed E-state index contributed by atoms with van der Waals surface area (Å²) in [5.41, 5.74) is 7.83. The second-order valence-corrected chi connectivity index (χ2v) is 5.49. The third kappa shape index (κ3) is 3.30. The molecule has 22 heavy (non-hydrogen) atoms. The van der Waals surface area contributed by atoms with E-state index >= 15 is 0 Å². The smallest absolute Gasteiger partial charge is 0.222 e. The van der Waals surface area contributed by atoms with Crippen LogP contribution in [0.2, 0.25) is 0 Å².